The fourth-order valence-electron chi connectivity index (χ4n) is 3.66. The summed E-state index contributed by atoms with van der Waals surface area (Å²) < 4.78 is 6.64. The molecule has 1 aliphatic rings. The first-order valence-corrected chi connectivity index (χ1v) is 9.00. The molecule has 1 amide bonds. The van der Waals surface area contributed by atoms with Crippen molar-refractivity contribution in [1.82, 2.24) is 9.61 Å². The SMILES string of the molecule is CCOC(=O)c1cc2c(N[C@@H]3CC[C@@H](C)C3(C)C)c(C(N)=O)cnn2c1. The number of carbonyl (C=O) groups excluding carboxylic acids is 2. The number of hydrogen-bond donors (Lipinski definition) is 2. The topological polar surface area (TPSA) is 98.7 Å². The van der Waals surface area contributed by atoms with Gasteiger partial charge in [0, 0.05) is 12.2 Å². The summed E-state index contributed by atoms with van der Waals surface area (Å²) in [6.45, 7) is 8.76. The van der Waals surface area contributed by atoms with Gasteiger partial charge < -0.3 is 15.8 Å². The summed E-state index contributed by atoms with van der Waals surface area (Å²) in [5.74, 6) is -0.401. The molecule has 2 aromatic rings. The van der Waals surface area contributed by atoms with Crippen molar-refractivity contribution in [3.63, 3.8) is 0 Å². The molecule has 1 aliphatic carbocycles. The summed E-state index contributed by atoms with van der Waals surface area (Å²) >= 11 is 0. The number of amides is 1. The summed E-state index contributed by atoms with van der Waals surface area (Å²) in [5, 5.41) is 7.75. The van der Waals surface area contributed by atoms with Crippen LogP contribution in [0.2, 0.25) is 0 Å². The Bertz CT molecular complexity index is 856. The Hall–Kier alpha value is -2.57. The lowest BCUT2D eigenvalue weighted by Crippen LogP contribution is -2.35. The van der Waals surface area contributed by atoms with Gasteiger partial charge in [0.1, 0.15) is 0 Å². The fraction of sp³-hybridized carbons (Fsp3) is 0.526. The predicted octanol–water partition coefficient (Wildman–Crippen LogP) is 2.85. The molecule has 7 nitrogen and oxygen atoms in total. The molecule has 0 bridgehead atoms. The number of primary amides is 1. The van der Waals surface area contributed by atoms with Gasteiger partial charge in [0.05, 0.1) is 35.1 Å². The molecule has 1 saturated carbocycles. The number of nitrogens with zero attached hydrogens (tertiary/aromatic N) is 2. The summed E-state index contributed by atoms with van der Waals surface area (Å²) in [4.78, 5) is 24.0. The van der Waals surface area contributed by atoms with Crippen LogP contribution < -0.4 is 11.1 Å². The van der Waals surface area contributed by atoms with E-state index in [2.05, 4.69) is 31.2 Å². The van der Waals surface area contributed by atoms with E-state index in [1.165, 1.54) is 6.20 Å². The maximum Gasteiger partial charge on any atom is 0.339 e. The number of aromatic nitrogens is 2. The Morgan fingerprint density at radius 1 is 1.42 bits per heavy atom. The Balaban J connectivity index is 2.07. The van der Waals surface area contributed by atoms with Gasteiger partial charge in [0.25, 0.3) is 5.91 Å². The van der Waals surface area contributed by atoms with E-state index < -0.39 is 11.9 Å². The zero-order chi connectivity index (χ0) is 19.1. The first-order chi connectivity index (χ1) is 12.3. The van der Waals surface area contributed by atoms with Crippen LogP contribution in [0.3, 0.4) is 0 Å². The number of hydrogen-bond acceptors (Lipinski definition) is 5. The van der Waals surface area contributed by atoms with Crippen molar-refractivity contribution >= 4 is 23.1 Å². The first kappa shape index (κ1) is 18.2. The molecule has 3 rings (SSSR count). The van der Waals surface area contributed by atoms with Crippen molar-refractivity contribution in [2.45, 2.75) is 46.6 Å². The number of ether oxygens (including phenoxy) is 1. The maximum absolute atomic E-state index is 12.1. The van der Waals surface area contributed by atoms with E-state index in [4.69, 9.17) is 10.5 Å². The Labute approximate surface area is 152 Å². The van der Waals surface area contributed by atoms with E-state index in [0.717, 1.165) is 12.8 Å². The van der Waals surface area contributed by atoms with Crippen molar-refractivity contribution < 1.29 is 14.3 Å². The minimum atomic E-state index is -0.551. The highest BCUT2D eigenvalue weighted by molar-refractivity contribution is 6.03. The van der Waals surface area contributed by atoms with Crippen LogP contribution in [-0.2, 0) is 4.74 Å². The predicted molar refractivity (Wildman–Crippen MR) is 99.3 cm³/mol. The zero-order valence-electron chi connectivity index (χ0n) is 15.7. The van der Waals surface area contributed by atoms with Gasteiger partial charge in [0.2, 0.25) is 0 Å². The third-order valence-corrected chi connectivity index (χ3v) is 5.79. The molecule has 7 heteroatoms. The molecule has 2 aromatic heterocycles. The average molecular weight is 358 g/mol. The maximum atomic E-state index is 12.1. The zero-order valence-corrected chi connectivity index (χ0v) is 15.7. The van der Waals surface area contributed by atoms with Gasteiger partial charge in [-0.25, -0.2) is 9.31 Å². The second-order valence-electron chi connectivity index (χ2n) is 7.57. The normalized spacial score (nSPS) is 21.7. The van der Waals surface area contributed by atoms with Crippen molar-refractivity contribution in [2.75, 3.05) is 11.9 Å². The van der Waals surface area contributed by atoms with Gasteiger partial charge in [-0.05, 0) is 37.2 Å². The van der Waals surface area contributed by atoms with Crippen LogP contribution in [0, 0.1) is 11.3 Å². The van der Waals surface area contributed by atoms with Crippen LogP contribution in [0.5, 0.6) is 0 Å². The third-order valence-electron chi connectivity index (χ3n) is 5.79. The Morgan fingerprint density at radius 3 is 2.73 bits per heavy atom. The molecule has 2 heterocycles. The molecule has 0 spiro atoms. The number of fused-ring (bicyclic) bond motifs is 1. The standard InChI is InChI=1S/C19H26N4O3/c1-5-26-18(25)12-8-14-16(13(17(20)24)9-21-23(14)10-12)22-15-7-6-11(2)19(15,3)4/h8-11,15,22H,5-7H2,1-4H3,(H2,20,24)/t11-,15-/m1/s1. The minimum absolute atomic E-state index is 0.0751. The van der Waals surface area contributed by atoms with Crippen LogP contribution in [0.1, 0.15) is 61.3 Å². The average Bonchev–Trinajstić information content (AvgIpc) is 3.11. The molecular weight excluding hydrogens is 332 g/mol. The van der Waals surface area contributed by atoms with E-state index in [-0.39, 0.29) is 11.5 Å². The molecule has 0 radical (unpaired) electrons. The van der Waals surface area contributed by atoms with E-state index in [9.17, 15) is 9.59 Å². The molecule has 3 N–H and O–H groups in total. The molecule has 0 aromatic carbocycles. The summed E-state index contributed by atoms with van der Waals surface area (Å²) in [5.41, 5.74) is 7.62. The van der Waals surface area contributed by atoms with E-state index in [0.29, 0.717) is 34.9 Å². The lowest BCUT2D eigenvalue weighted by atomic mass is 9.80. The Morgan fingerprint density at radius 2 is 2.15 bits per heavy atom. The minimum Gasteiger partial charge on any atom is -0.462 e. The third kappa shape index (κ3) is 3.02. The van der Waals surface area contributed by atoms with E-state index in [1.807, 2.05) is 0 Å². The fourth-order valence-corrected chi connectivity index (χ4v) is 3.66. The second kappa shape index (κ2) is 6.63. The van der Waals surface area contributed by atoms with Gasteiger partial charge in [-0.15, -0.1) is 0 Å². The summed E-state index contributed by atoms with van der Waals surface area (Å²) in [7, 11) is 0. The molecular formula is C19H26N4O3. The van der Waals surface area contributed by atoms with Gasteiger partial charge in [-0.1, -0.05) is 20.8 Å². The van der Waals surface area contributed by atoms with E-state index >= 15 is 0 Å². The van der Waals surface area contributed by atoms with Gasteiger partial charge >= 0.3 is 5.97 Å². The molecule has 0 unspecified atom stereocenters. The Kier molecular flexibility index (Phi) is 4.64. The number of carbonyl (C=O) groups is 2. The van der Waals surface area contributed by atoms with Crippen molar-refractivity contribution in [1.29, 1.82) is 0 Å². The van der Waals surface area contributed by atoms with Crippen LogP contribution in [0.15, 0.2) is 18.5 Å². The van der Waals surface area contributed by atoms with Crippen LogP contribution in [0.4, 0.5) is 5.69 Å². The van der Waals surface area contributed by atoms with Crippen LogP contribution in [0.25, 0.3) is 5.52 Å². The lowest BCUT2D eigenvalue weighted by molar-refractivity contribution is 0.0526. The molecule has 26 heavy (non-hydrogen) atoms. The number of esters is 1. The highest BCUT2D eigenvalue weighted by Crippen LogP contribution is 2.44. The largest absolute Gasteiger partial charge is 0.462 e. The van der Waals surface area contributed by atoms with E-state index in [1.54, 1.807) is 23.7 Å². The summed E-state index contributed by atoms with van der Waals surface area (Å²) in [6.07, 6.45) is 5.17. The molecule has 0 saturated heterocycles. The summed E-state index contributed by atoms with van der Waals surface area (Å²) in [6, 6.07) is 1.88. The first-order valence-electron chi connectivity index (χ1n) is 9.00. The molecule has 140 valence electrons. The van der Waals surface area contributed by atoms with Crippen LogP contribution >= 0.6 is 0 Å². The van der Waals surface area contributed by atoms with Crippen LogP contribution in [-0.4, -0.2) is 34.1 Å². The highest BCUT2D eigenvalue weighted by atomic mass is 16.5. The lowest BCUT2D eigenvalue weighted by Gasteiger charge is -2.33. The highest BCUT2D eigenvalue weighted by Gasteiger charge is 2.41. The molecule has 0 aliphatic heterocycles. The van der Waals surface area contributed by atoms with Crippen molar-refractivity contribution in [3.8, 4) is 0 Å². The number of anilines is 1. The second-order valence-corrected chi connectivity index (χ2v) is 7.57. The smallest absolute Gasteiger partial charge is 0.339 e. The monoisotopic (exact) mass is 358 g/mol. The van der Waals surface area contributed by atoms with Gasteiger partial charge in [-0.2, -0.15) is 5.10 Å². The molecule has 2 atom stereocenters. The van der Waals surface area contributed by atoms with Crippen molar-refractivity contribution in [3.05, 3.63) is 29.6 Å². The number of nitrogens with one attached hydrogen (secondary N) is 1. The van der Waals surface area contributed by atoms with Gasteiger partial charge in [0.15, 0.2) is 0 Å². The molecule has 1 fully saturated rings. The number of nitrogens with two attached hydrogens (primary N) is 1. The van der Waals surface area contributed by atoms with Crippen molar-refractivity contribution in [2.24, 2.45) is 17.1 Å². The number of rotatable bonds is 5. The quantitative estimate of drug-likeness (QED) is 0.801. The van der Waals surface area contributed by atoms with Gasteiger partial charge in [-0.3, -0.25) is 4.79 Å².